The van der Waals surface area contributed by atoms with Gasteiger partial charge in [-0.3, -0.25) is 0 Å². The molecule has 1 radical (unpaired) electrons. The van der Waals surface area contributed by atoms with Crippen LogP contribution < -0.4 is 0 Å². The fourth-order valence-electron chi connectivity index (χ4n) is 0. The predicted octanol–water partition coefficient (Wildman–Crippen LogP) is 0.342. The summed E-state index contributed by atoms with van der Waals surface area (Å²) >= 11 is -4.44. The molecule has 0 fully saturated rings. The molecule has 0 amide bonds. The Morgan fingerprint density at radius 1 is 1.00 bits per heavy atom. The molecule has 0 atom stereocenters. The Labute approximate surface area is 116 Å². The van der Waals surface area contributed by atoms with Gasteiger partial charge < -0.3 is 0 Å². The maximum Gasteiger partial charge on any atom is 0 e. The second-order valence-electron chi connectivity index (χ2n) is 0.111. The molecule has 6 heteroatoms. The minimum absolute atomic E-state index is 0. The van der Waals surface area contributed by atoms with E-state index in [1.807, 2.05) is 0 Å². The fourth-order valence-corrected chi connectivity index (χ4v) is 0. The van der Waals surface area contributed by atoms with Crippen LogP contribution in [0.5, 0.6) is 0 Å². The monoisotopic (exact) mass is 461 g/mol. The van der Waals surface area contributed by atoms with Crippen molar-refractivity contribution >= 4 is 48.9 Å². The Kier molecular flexibility index (Phi) is 31.3. The molecule has 0 N–H and O–H groups in total. The standard InChI is InChI=1S/Ba.3FH.Lu.Y.2H/h;3*1H;;;;/q;;;;+3;;;/p-3. The van der Waals surface area contributed by atoms with E-state index in [0.717, 1.165) is 0 Å². The predicted molar refractivity (Wildman–Crippen MR) is 11.9 cm³/mol. The van der Waals surface area contributed by atoms with Crippen molar-refractivity contribution in [2.45, 2.75) is 0 Å². The van der Waals surface area contributed by atoms with Crippen molar-refractivity contribution in [2.24, 2.45) is 0 Å². The summed E-state index contributed by atoms with van der Waals surface area (Å²) in [6, 6.07) is 0. The van der Waals surface area contributed by atoms with E-state index in [2.05, 4.69) is 0 Å². The molecule has 0 saturated carbocycles. The Hall–Kier alpha value is 3.70. The van der Waals surface area contributed by atoms with Crippen LogP contribution in [0.25, 0.3) is 0 Å². The molecule has 6 heavy (non-hydrogen) atoms. The third kappa shape index (κ3) is 25.3. The first kappa shape index (κ1) is 16.4. The maximum absolute atomic E-state index is 9.78. The van der Waals surface area contributed by atoms with Crippen LogP contribution in [0.15, 0.2) is 0 Å². The molecule has 0 bridgehead atoms. The normalized spacial score (nSPS) is 7.50. The third-order valence-electron chi connectivity index (χ3n) is 0. The van der Waals surface area contributed by atoms with Gasteiger partial charge in [0, 0.05) is 32.7 Å². The average Bonchev–Trinajstić information content (AvgIpc) is 0.811. The molecule has 0 spiro atoms. The van der Waals surface area contributed by atoms with E-state index < -0.39 is 33.4 Å². The smallest absolute Gasteiger partial charge is 0 e. The number of halogens is 3. The van der Waals surface area contributed by atoms with Crippen molar-refractivity contribution in [2.75, 3.05) is 0 Å². The van der Waals surface area contributed by atoms with Crippen molar-refractivity contribution in [3.05, 3.63) is 0 Å². The van der Waals surface area contributed by atoms with Gasteiger partial charge >= 0.3 is 86.7 Å². The van der Waals surface area contributed by atoms with E-state index in [0.29, 0.717) is 0 Å². The number of hydrogen-bond donors (Lipinski definition) is 0. The molecule has 0 nitrogen and oxygen atoms in total. The van der Waals surface area contributed by atoms with Crippen molar-refractivity contribution < 1.29 is 70.5 Å². The average molecular weight is 460 g/mol. The van der Waals surface area contributed by atoms with E-state index >= 15 is 0 Å². The van der Waals surface area contributed by atoms with E-state index in [4.69, 9.17) is 0 Å². The first-order valence-electron chi connectivity index (χ1n) is 0.293. The van der Waals surface area contributed by atoms with E-state index in [9.17, 15) is 4.39 Å². The summed E-state index contributed by atoms with van der Waals surface area (Å²) in [5, 5.41) is 0. The number of rotatable bonds is 0. The topological polar surface area (TPSA) is 0 Å². The van der Waals surface area contributed by atoms with Gasteiger partial charge in [0.2, 0.25) is 0 Å². The molecular weight excluding hydrogens is 458 g/mol. The summed E-state index contributed by atoms with van der Waals surface area (Å²) in [5.41, 5.74) is 0. The zero-order valence-corrected chi connectivity index (χ0v) is 6.46. The number of hydrogen-bond acceptors (Lipinski definition) is 0. The summed E-state index contributed by atoms with van der Waals surface area (Å²) in [4.78, 5) is 0. The molecule has 43 valence electrons. The van der Waals surface area contributed by atoms with E-state index in [1.165, 1.54) is 0 Å². The summed E-state index contributed by atoms with van der Waals surface area (Å²) in [5.74, 6) is 0. The molecule has 0 aliphatic heterocycles. The van der Waals surface area contributed by atoms with Crippen LogP contribution in [0.2, 0.25) is 0 Å². The first-order chi connectivity index (χ1) is 1.73. The van der Waals surface area contributed by atoms with Crippen molar-refractivity contribution in [3.63, 3.8) is 0 Å². The van der Waals surface area contributed by atoms with Crippen LogP contribution in [0.1, 0.15) is 0 Å². The fraction of sp³-hybridized carbons (Fsp3) is 0. The summed E-state index contributed by atoms with van der Waals surface area (Å²) in [7, 11) is 0. The molecule has 0 aromatic heterocycles. The van der Waals surface area contributed by atoms with Gasteiger partial charge in [0.05, 0.1) is 0 Å². The Morgan fingerprint density at radius 3 is 1.00 bits per heavy atom. The van der Waals surface area contributed by atoms with Gasteiger partial charge in [-0.25, -0.2) is 0 Å². The Morgan fingerprint density at radius 2 is 1.00 bits per heavy atom. The van der Waals surface area contributed by atoms with Crippen molar-refractivity contribution in [1.29, 1.82) is 0 Å². The second-order valence-corrected chi connectivity index (χ2v) is 0.821. The molecule has 0 aliphatic carbocycles. The van der Waals surface area contributed by atoms with Crippen LogP contribution in [-0.4, -0.2) is 48.9 Å². The van der Waals surface area contributed by atoms with Crippen LogP contribution >= 0.6 is 0 Å². The minimum atomic E-state index is -4.44. The summed E-state index contributed by atoms with van der Waals surface area (Å²) < 4.78 is 29.3. The molecule has 0 unspecified atom stereocenters. The SMILES string of the molecule is [BaH2].[F][Lu]([F])[F].[Y]. The molecule has 0 aliphatic rings. The third-order valence-corrected chi connectivity index (χ3v) is 0. The Bertz CT molecular complexity index is 15.5. The van der Waals surface area contributed by atoms with Crippen LogP contribution in [0.3, 0.4) is 0 Å². The molecule has 0 rings (SSSR count). The van der Waals surface area contributed by atoms with Crippen molar-refractivity contribution in [3.8, 4) is 0 Å². The first-order valence-corrected chi connectivity index (χ1v) is 2.17. The largest absolute Gasteiger partial charge is 0 e. The molecule has 0 heterocycles. The van der Waals surface area contributed by atoms with Gasteiger partial charge in [0.15, 0.2) is 0 Å². The molecule has 0 aromatic carbocycles. The molecular formula is H2BaF3LuY. The van der Waals surface area contributed by atoms with Crippen LogP contribution in [-0.2, 0) is 32.7 Å². The maximum atomic E-state index is 9.78. The zero-order valence-electron chi connectivity index (χ0n) is 1.97. The van der Waals surface area contributed by atoms with Gasteiger partial charge in [-0.1, -0.05) is 0 Å². The van der Waals surface area contributed by atoms with E-state index in [1.54, 1.807) is 0 Å². The quantitative estimate of drug-likeness (QED) is 0.458. The summed E-state index contributed by atoms with van der Waals surface area (Å²) in [6.07, 6.45) is 0. The van der Waals surface area contributed by atoms with Gasteiger partial charge in [-0.2, -0.15) is 0 Å². The van der Waals surface area contributed by atoms with Gasteiger partial charge in [-0.05, 0) is 0 Å². The molecule has 0 aromatic rings. The second kappa shape index (κ2) is 11.5. The summed E-state index contributed by atoms with van der Waals surface area (Å²) in [6.45, 7) is 0. The van der Waals surface area contributed by atoms with Crippen LogP contribution in [0, 0.1) is 33.4 Å². The van der Waals surface area contributed by atoms with Crippen molar-refractivity contribution in [1.82, 2.24) is 0 Å². The molecule has 0 saturated heterocycles. The van der Waals surface area contributed by atoms with Gasteiger partial charge in [0.1, 0.15) is 0 Å². The van der Waals surface area contributed by atoms with Gasteiger partial charge in [0.25, 0.3) is 0 Å². The van der Waals surface area contributed by atoms with Gasteiger partial charge in [-0.15, -0.1) is 0 Å². The minimum Gasteiger partial charge on any atom is 0 e. The Balaban J connectivity index is -0.0000000450. The zero-order chi connectivity index (χ0) is 3.58. The van der Waals surface area contributed by atoms with E-state index in [-0.39, 0.29) is 81.6 Å². The van der Waals surface area contributed by atoms with Crippen LogP contribution in [0.4, 0.5) is 4.39 Å².